The van der Waals surface area contributed by atoms with Crippen molar-refractivity contribution < 1.29 is 4.48 Å². The van der Waals surface area contributed by atoms with Gasteiger partial charge in [-0.2, -0.15) is 0 Å². The fraction of sp³-hybridized carbons (Fsp3) is 0.263. The molecule has 0 unspecified atom stereocenters. The summed E-state index contributed by atoms with van der Waals surface area (Å²) in [4.78, 5) is 0. The van der Waals surface area contributed by atoms with Gasteiger partial charge in [0.1, 0.15) is 6.54 Å². The third-order valence-corrected chi connectivity index (χ3v) is 3.42. The third-order valence-electron chi connectivity index (χ3n) is 3.42. The van der Waals surface area contributed by atoms with Crippen molar-refractivity contribution in [3.8, 4) is 0 Å². The van der Waals surface area contributed by atoms with E-state index in [1.54, 1.807) is 0 Å². The zero-order valence-corrected chi connectivity index (χ0v) is 12.8. The molecule has 2 aromatic carbocycles. The number of benzene rings is 2. The van der Waals surface area contributed by atoms with E-state index < -0.39 is 0 Å². The van der Waals surface area contributed by atoms with Crippen LogP contribution in [0, 0.1) is 0 Å². The molecule has 0 bridgehead atoms. The molecule has 0 fully saturated rings. The molecule has 0 amide bonds. The van der Waals surface area contributed by atoms with Crippen LogP contribution in [0.5, 0.6) is 0 Å². The molecule has 0 saturated carbocycles. The summed E-state index contributed by atoms with van der Waals surface area (Å²) < 4.78 is 0.945. The van der Waals surface area contributed by atoms with E-state index in [1.165, 1.54) is 22.3 Å². The van der Waals surface area contributed by atoms with Gasteiger partial charge in [0.25, 0.3) is 0 Å². The Bertz CT molecular complexity index is 591. The zero-order chi connectivity index (χ0) is 14.6. The quantitative estimate of drug-likeness (QED) is 0.714. The van der Waals surface area contributed by atoms with Crippen molar-refractivity contribution in [3.05, 3.63) is 77.4 Å². The number of rotatable bonds is 5. The van der Waals surface area contributed by atoms with Gasteiger partial charge in [-0.15, -0.1) is 0 Å². The highest BCUT2D eigenvalue weighted by molar-refractivity contribution is 5.53. The number of quaternary nitrogens is 1. The second kappa shape index (κ2) is 6.06. The maximum atomic E-state index is 3.91. The summed E-state index contributed by atoms with van der Waals surface area (Å²) in [6, 6.07) is 17.2. The topological polar surface area (TPSA) is 0 Å². The Labute approximate surface area is 122 Å². The average Bonchev–Trinajstić information content (AvgIpc) is 2.40. The number of nitrogens with zero attached hydrogens (tertiary/aromatic N) is 1. The van der Waals surface area contributed by atoms with E-state index in [2.05, 4.69) is 76.3 Å². The molecule has 2 aromatic rings. The van der Waals surface area contributed by atoms with Crippen molar-refractivity contribution in [2.45, 2.75) is 13.0 Å². The Morgan fingerprint density at radius 3 is 2.00 bits per heavy atom. The van der Waals surface area contributed by atoms with Crippen LogP contribution >= 0.6 is 0 Å². The number of hydrogen-bond donors (Lipinski definition) is 0. The van der Waals surface area contributed by atoms with Gasteiger partial charge in [0.05, 0.1) is 21.1 Å². The van der Waals surface area contributed by atoms with E-state index in [0.29, 0.717) is 0 Å². The Morgan fingerprint density at radius 1 is 0.850 bits per heavy atom. The molecular weight excluding hydrogens is 242 g/mol. The lowest BCUT2D eigenvalue weighted by Crippen LogP contribution is -2.33. The maximum absolute atomic E-state index is 3.91. The van der Waals surface area contributed by atoms with Crippen molar-refractivity contribution in [1.82, 2.24) is 0 Å². The Balaban J connectivity index is 2.32. The Hall–Kier alpha value is -1.86. The van der Waals surface area contributed by atoms with Crippen molar-refractivity contribution in [2.75, 3.05) is 21.1 Å². The minimum Gasteiger partial charge on any atom is -0.327 e. The lowest BCUT2D eigenvalue weighted by Gasteiger charge is -2.25. The molecule has 0 aliphatic carbocycles. The molecule has 20 heavy (non-hydrogen) atoms. The summed E-state index contributed by atoms with van der Waals surface area (Å²) in [5, 5.41) is 0. The summed E-state index contributed by atoms with van der Waals surface area (Å²) in [5.41, 5.74) is 5.41. The predicted molar refractivity (Wildman–Crippen MR) is 87.5 cm³/mol. The minimum absolute atomic E-state index is 0.945. The average molecular weight is 266 g/mol. The molecule has 1 nitrogen and oxygen atoms in total. The van der Waals surface area contributed by atoms with Crippen LogP contribution < -0.4 is 0 Å². The summed E-state index contributed by atoms with van der Waals surface area (Å²) in [6.07, 6.45) is 2.91. The smallest absolute Gasteiger partial charge is 0.104 e. The second-order valence-corrected chi connectivity index (χ2v) is 6.30. The molecule has 0 radical (unpaired) electrons. The first-order valence-electron chi connectivity index (χ1n) is 7.07. The molecule has 2 rings (SSSR count). The van der Waals surface area contributed by atoms with Gasteiger partial charge in [0.2, 0.25) is 0 Å². The number of hydrogen-bond acceptors (Lipinski definition) is 0. The van der Waals surface area contributed by atoms with Crippen molar-refractivity contribution >= 4 is 6.08 Å². The molecule has 0 aromatic heterocycles. The fourth-order valence-electron chi connectivity index (χ4n) is 2.49. The van der Waals surface area contributed by atoms with Crippen molar-refractivity contribution in [1.29, 1.82) is 0 Å². The standard InChI is InChI=1S/C19H24N/c1-5-16-10-6-7-11-17(16)14-18-12-8-9-13-19(18)15-20(2,3)4/h5-13H,1,14-15H2,2-4H3/q+1. The summed E-state index contributed by atoms with van der Waals surface area (Å²) in [7, 11) is 6.69. The molecule has 0 aliphatic rings. The summed E-state index contributed by atoms with van der Waals surface area (Å²) >= 11 is 0. The summed E-state index contributed by atoms with van der Waals surface area (Å²) in [5.74, 6) is 0. The van der Waals surface area contributed by atoms with Crippen molar-refractivity contribution in [2.24, 2.45) is 0 Å². The highest BCUT2D eigenvalue weighted by Crippen LogP contribution is 2.20. The van der Waals surface area contributed by atoms with Crippen LogP contribution in [0.3, 0.4) is 0 Å². The molecule has 104 valence electrons. The Morgan fingerprint density at radius 2 is 1.40 bits per heavy atom. The van der Waals surface area contributed by atoms with Crippen molar-refractivity contribution in [3.63, 3.8) is 0 Å². The van der Waals surface area contributed by atoms with E-state index in [9.17, 15) is 0 Å². The molecule has 0 aliphatic heterocycles. The molecule has 0 atom stereocenters. The minimum atomic E-state index is 0.945. The lowest BCUT2D eigenvalue weighted by atomic mass is 9.96. The van der Waals surface area contributed by atoms with Gasteiger partial charge >= 0.3 is 0 Å². The van der Waals surface area contributed by atoms with E-state index in [0.717, 1.165) is 17.4 Å². The van der Waals surface area contributed by atoms with Gasteiger partial charge in [-0.25, -0.2) is 0 Å². The van der Waals surface area contributed by atoms with E-state index in [1.807, 2.05) is 6.08 Å². The van der Waals surface area contributed by atoms with Crippen LogP contribution in [-0.2, 0) is 13.0 Å². The van der Waals surface area contributed by atoms with Gasteiger partial charge < -0.3 is 4.48 Å². The van der Waals surface area contributed by atoms with Gasteiger partial charge in [-0.05, 0) is 23.1 Å². The lowest BCUT2D eigenvalue weighted by molar-refractivity contribution is -0.884. The van der Waals surface area contributed by atoms with Gasteiger partial charge in [0.15, 0.2) is 0 Å². The highest BCUT2D eigenvalue weighted by atomic mass is 15.3. The highest BCUT2D eigenvalue weighted by Gasteiger charge is 2.12. The fourth-order valence-corrected chi connectivity index (χ4v) is 2.49. The van der Waals surface area contributed by atoms with Crippen LogP contribution in [-0.4, -0.2) is 25.6 Å². The SMILES string of the molecule is C=Cc1ccccc1Cc1ccccc1C[N+](C)(C)C. The predicted octanol–water partition coefficient (Wildman–Crippen LogP) is 4.13. The molecular formula is C19H24N+. The van der Waals surface area contributed by atoms with Crippen LogP contribution in [0.2, 0.25) is 0 Å². The van der Waals surface area contributed by atoms with Crippen LogP contribution in [0.15, 0.2) is 55.1 Å². The second-order valence-electron chi connectivity index (χ2n) is 6.30. The first kappa shape index (κ1) is 14.5. The molecule has 1 heteroatoms. The molecule has 0 heterocycles. The molecule has 0 saturated heterocycles. The molecule has 0 spiro atoms. The largest absolute Gasteiger partial charge is 0.327 e. The van der Waals surface area contributed by atoms with Gasteiger partial charge in [-0.1, -0.05) is 61.2 Å². The first-order chi connectivity index (χ1) is 9.49. The van der Waals surface area contributed by atoms with Crippen LogP contribution in [0.25, 0.3) is 6.08 Å². The van der Waals surface area contributed by atoms with E-state index >= 15 is 0 Å². The van der Waals surface area contributed by atoms with E-state index in [4.69, 9.17) is 0 Å². The zero-order valence-electron chi connectivity index (χ0n) is 12.8. The molecule has 0 N–H and O–H groups in total. The van der Waals surface area contributed by atoms with Gasteiger partial charge in [-0.3, -0.25) is 0 Å². The van der Waals surface area contributed by atoms with E-state index in [-0.39, 0.29) is 0 Å². The van der Waals surface area contributed by atoms with Gasteiger partial charge in [0, 0.05) is 5.56 Å². The van der Waals surface area contributed by atoms with Crippen LogP contribution in [0.4, 0.5) is 0 Å². The Kier molecular flexibility index (Phi) is 4.41. The van der Waals surface area contributed by atoms with Crippen LogP contribution in [0.1, 0.15) is 22.3 Å². The third kappa shape index (κ3) is 3.82. The summed E-state index contributed by atoms with van der Waals surface area (Å²) in [6.45, 7) is 4.96. The maximum Gasteiger partial charge on any atom is 0.104 e. The monoisotopic (exact) mass is 266 g/mol. The normalized spacial score (nSPS) is 11.3. The first-order valence-corrected chi connectivity index (χ1v) is 7.07.